The molecular weight excluding hydrogens is 526 g/mol. The molecule has 10 heteroatoms. The summed E-state index contributed by atoms with van der Waals surface area (Å²) in [4.78, 5) is 27.9. The number of hydrogen-bond acceptors (Lipinski definition) is 9. The highest BCUT2D eigenvalue weighted by Crippen LogP contribution is 2.50. The summed E-state index contributed by atoms with van der Waals surface area (Å²) >= 11 is 1.21. The predicted molar refractivity (Wildman–Crippen MR) is 156 cm³/mol. The first-order chi connectivity index (χ1) is 19.2. The first kappa shape index (κ1) is 26.4. The fourth-order valence-electron chi connectivity index (χ4n) is 5.87. The van der Waals surface area contributed by atoms with Crippen LogP contribution in [0.4, 0.5) is 5.69 Å². The van der Waals surface area contributed by atoms with E-state index in [0.29, 0.717) is 68.4 Å². The van der Waals surface area contributed by atoms with Gasteiger partial charge in [-0.3, -0.25) is 9.59 Å². The number of Topliss-reactive ketones (excluding diaryl/α,β-unsaturated/α-hetero) is 1. The largest absolute Gasteiger partial charge is 0.457 e. The van der Waals surface area contributed by atoms with E-state index in [-0.39, 0.29) is 11.9 Å². The number of para-hydroxylation sites is 1. The highest BCUT2D eigenvalue weighted by atomic mass is 32.1. The molecule has 9 N–H and O–H groups in total. The number of piperidine rings is 1. The Morgan fingerprint density at radius 3 is 2.58 bits per heavy atom. The van der Waals surface area contributed by atoms with Crippen LogP contribution in [0.25, 0.3) is 10.1 Å². The number of nitrogen functional groups attached to an aromatic ring is 1. The number of ketones is 1. The summed E-state index contributed by atoms with van der Waals surface area (Å²) in [5.74, 6) is 0.547. The lowest BCUT2D eigenvalue weighted by molar-refractivity contribution is -0.124. The van der Waals surface area contributed by atoms with E-state index in [4.69, 9.17) is 21.9 Å². The molecule has 1 saturated heterocycles. The van der Waals surface area contributed by atoms with E-state index >= 15 is 0 Å². The molecular formula is C30H31N5O4S. The molecule has 0 saturated carbocycles. The van der Waals surface area contributed by atoms with Crippen LogP contribution >= 0.6 is 11.3 Å². The molecule has 6 rings (SSSR count). The third-order valence-electron chi connectivity index (χ3n) is 7.78. The zero-order chi connectivity index (χ0) is 28.2. The number of aliphatic hydroxyl groups excluding tert-OH is 1. The monoisotopic (exact) mass is 557 g/mol. The highest BCUT2D eigenvalue weighted by molar-refractivity contribution is 7.21. The van der Waals surface area contributed by atoms with Crippen molar-refractivity contribution < 1.29 is 19.4 Å². The van der Waals surface area contributed by atoms with E-state index in [1.165, 1.54) is 11.3 Å². The molecule has 4 aromatic rings. The summed E-state index contributed by atoms with van der Waals surface area (Å²) in [7, 11) is 0. The average Bonchev–Trinajstić information content (AvgIpc) is 3.34. The first-order valence-electron chi connectivity index (χ1n) is 13.2. The predicted octanol–water partition coefficient (Wildman–Crippen LogP) is 2.82. The molecule has 1 aliphatic heterocycles. The smallest absolute Gasteiger partial charge is 0.262 e. The Kier molecular flexibility index (Phi) is 6.60. The summed E-state index contributed by atoms with van der Waals surface area (Å²) in [5.41, 5.74) is 21.3. The van der Waals surface area contributed by atoms with Crippen molar-refractivity contribution in [3.8, 4) is 11.5 Å². The maximum absolute atomic E-state index is 14.1. The number of hydrogen-bond donors (Lipinski definition) is 6. The molecule has 9 nitrogen and oxygen atoms in total. The quantitative estimate of drug-likeness (QED) is 0.204. The molecule has 0 bridgehead atoms. The van der Waals surface area contributed by atoms with Crippen LogP contribution < -0.4 is 32.6 Å². The van der Waals surface area contributed by atoms with E-state index < -0.39 is 23.5 Å². The van der Waals surface area contributed by atoms with Crippen LogP contribution in [-0.4, -0.2) is 42.0 Å². The van der Waals surface area contributed by atoms with Gasteiger partial charge < -0.3 is 37.7 Å². The Morgan fingerprint density at radius 2 is 1.85 bits per heavy atom. The van der Waals surface area contributed by atoms with Crippen molar-refractivity contribution in [3.63, 3.8) is 0 Å². The number of carbonyl (C=O) groups excluding carboxylic acids is 2. The van der Waals surface area contributed by atoms with Crippen LogP contribution in [0.3, 0.4) is 0 Å². The van der Waals surface area contributed by atoms with Crippen molar-refractivity contribution in [3.05, 3.63) is 87.8 Å². The molecule has 1 aliphatic carbocycles. The van der Waals surface area contributed by atoms with Crippen molar-refractivity contribution in [2.45, 2.75) is 37.1 Å². The second-order valence-electron chi connectivity index (χ2n) is 10.5. The molecule has 1 amide bonds. The van der Waals surface area contributed by atoms with Crippen LogP contribution in [0.2, 0.25) is 0 Å². The Balaban J connectivity index is 1.43. The molecule has 40 heavy (non-hydrogen) atoms. The Bertz CT molecular complexity index is 1640. The number of anilines is 1. The number of benzene rings is 3. The summed E-state index contributed by atoms with van der Waals surface area (Å²) < 4.78 is 6.65. The Hall–Kier alpha value is -3.80. The van der Waals surface area contributed by atoms with Crippen molar-refractivity contribution in [1.29, 1.82) is 0 Å². The van der Waals surface area contributed by atoms with Crippen molar-refractivity contribution in [2.24, 2.45) is 11.5 Å². The fraction of sp³-hybridized carbons (Fsp3) is 0.267. The van der Waals surface area contributed by atoms with Crippen LogP contribution in [0.1, 0.15) is 44.4 Å². The van der Waals surface area contributed by atoms with Gasteiger partial charge in [-0.15, -0.1) is 11.3 Å². The molecule has 2 unspecified atom stereocenters. The molecule has 4 atom stereocenters. The number of aryl methyl sites for hydroxylation is 1. The molecule has 3 aromatic carbocycles. The SMILES string of the molecule is Cc1cc(Oc2ccccc2)ccc1C1(N)C(=O)C(N)c2c(C(=O)N[C@H]3CNC[C@@H](O)C3)sc3c(N)ccc1c23. The molecule has 0 radical (unpaired) electrons. The summed E-state index contributed by atoms with van der Waals surface area (Å²) in [5, 5.41) is 16.7. The second kappa shape index (κ2) is 9.99. The van der Waals surface area contributed by atoms with E-state index in [9.17, 15) is 14.7 Å². The lowest BCUT2D eigenvalue weighted by Gasteiger charge is -2.37. The number of nitrogens with one attached hydrogen (secondary N) is 2. The Labute approximate surface area is 235 Å². The van der Waals surface area contributed by atoms with E-state index in [2.05, 4.69) is 10.6 Å². The molecule has 1 fully saturated rings. The first-order valence-corrected chi connectivity index (χ1v) is 14.0. The molecule has 2 heterocycles. The van der Waals surface area contributed by atoms with Crippen molar-refractivity contribution in [2.75, 3.05) is 18.8 Å². The number of nitrogens with two attached hydrogens (primary N) is 3. The fourth-order valence-corrected chi connectivity index (χ4v) is 7.08. The third-order valence-corrected chi connectivity index (χ3v) is 9.04. The van der Waals surface area contributed by atoms with Gasteiger partial charge in [-0.05, 0) is 60.4 Å². The van der Waals surface area contributed by atoms with Crippen LogP contribution in [0, 0.1) is 6.92 Å². The van der Waals surface area contributed by atoms with Gasteiger partial charge >= 0.3 is 0 Å². The number of carbonyl (C=O) groups is 2. The number of thiophene rings is 1. The minimum atomic E-state index is -1.56. The standard InChI is InChI=1S/C30H31N5O4S/c1-15-11-19(39-18-5-3-2-4-6-18)7-8-20(15)30(33)21-9-10-22(31)26-23(21)24(25(32)28(30)37)27(40-26)29(38)35-16-12-17(36)14-34-13-16/h2-11,16-17,25,34,36H,12-14,31-33H2,1H3,(H,35,38)/t16-,17+,25?,30?/m1/s1. The van der Waals surface area contributed by atoms with Gasteiger partial charge in [0.1, 0.15) is 17.0 Å². The van der Waals surface area contributed by atoms with Crippen LogP contribution in [0.5, 0.6) is 11.5 Å². The van der Waals surface area contributed by atoms with Gasteiger partial charge in [0.2, 0.25) is 0 Å². The summed E-state index contributed by atoms with van der Waals surface area (Å²) in [6, 6.07) is 16.9. The van der Waals surface area contributed by atoms with Crippen LogP contribution in [0.15, 0.2) is 60.7 Å². The van der Waals surface area contributed by atoms with Gasteiger partial charge in [-0.2, -0.15) is 0 Å². The van der Waals surface area contributed by atoms with Gasteiger partial charge in [-0.1, -0.05) is 30.3 Å². The normalized spacial score (nSPS) is 24.2. The molecule has 206 valence electrons. The minimum Gasteiger partial charge on any atom is -0.457 e. The maximum Gasteiger partial charge on any atom is 0.262 e. The number of amides is 1. The number of rotatable bonds is 5. The third kappa shape index (κ3) is 4.25. The number of β-amino-alcohol motifs (C(OH)–C–C–N with tert-alkyl or cyclic N) is 1. The number of ether oxygens (including phenoxy) is 1. The average molecular weight is 558 g/mol. The van der Waals surface area contributed by atoms with Crippen LogP contribution in [-0.2, 0) is 10.3 Å². The maximum atomic E-state index is 14.1. The lowest BCUT2D eigenvalue weighted by atomic mass is 9.69. The topological polar surface area (TPSA) is 166 Å². The molecule has 2 aliphatic rings. The van der Waals surface area contributed by atoms with E-state index in [0.717, 1.165) is 5.56 Å². The van der Waals surface area contributed by atoms with Crippen molar-refractivity contribution >= 4 is 38.8 Å². The zero-order valence-electron chi connectivity index (χ0n) is 21.9. The minimum absolute atomic E-state index is 0.256. The zero-order valence-corrected chi connectivity index (χ0v) is 22.8. The summed E-state index contributed by atoms with van der Waals surface area (Å²) in [6.07, 6.45) is -0.108. The van der Waals surface area contributed by atoms with Gasteiger partial charge in [0.15, 0.2) is 5.78 Å². The van der Waals surface area contributed by atoms with E-state index in [1.807, 2.05) is 43.3 Å². The van der Waals surface area contributed by atoms with Gasteiger partial charge in [0.05, 0.1) is 21.7 Å². The Morgan fingerprint density at radius 1 is 1.10 bits per heavy atom. The molecule has 0 spiro atoms. The van der Waals surface area contributed by atoms with Gasteiger partial charge in [-0.25, -0.2) is 0 Å². The summed E-state index contributed by atoms with van der Waals surface area (Å²) in [6.45, 7) is 2.90. The second-order valence-corrected chi connectivity index (χ2v) is 11.5. The van der Waals surface area contributed by atoms with Gasteiger partial charge in [0.25, 0.3) is 5.91 Å². The van der Waals surface area contributed by atoms with E-state index in [1.54, 1.807) is 24.3 Å². The molecule has 1 aromatic heterocycles. The highest BCUT2D eigenvalue weighted by Gasteiger charge is 2.49. The lowest BCUT2D eigenvalue weighted by Crippen LogP contribution is -2.53. The van der Waals surface area contributed by atoms with Crippen molar-refractivity contribution in [1.82, 2.24) is 10.6 Å². The van der Waals surface area contributed by atoms with Gasteiger partial charge in [0, 0.05) is 35.8 Å². The number of aliphatic hydroxyl groups is 1.